The molecule has 0 saturated heterocycles. The zero-order chi connectivity index (χ0) is 19.8. The Labute approximate surface area is 163 Å². The molecule has 0 bridgehead atoms. The minimum Gasteiger partial charge on any atom is -0.465 e. The lowest BCUT2D eigenvalue weighted by Gasteiger charge is -2.09. The summed E-state index contributed by atoms with van der Waals surface area (Å²) in [6.45, 7) is 3.52. The molecule has 0 spiro atoms. The maximum atomic E-state index is 13.3. The first kappa shape index (κ1) is 19.4. The first-order valence-electron chi connectivity index (χ1n) is 8.43. The molecule has 7 heteroatoms. The van der Waals surface area contributed by atoms with Crippen molar-refractivity contribution in [2.45, 2.75) is 29.9 Å². The number of aryl methyl sites for hydroxylation is 1. The molecular formula is C20H18ClNO4S. The Hall–Kier alpha value is -2.36. The third kappa shape index (κ3) is 3.11. The number of hydrogen-bond donors (Lipinski definition) is 0. The van der Waals surface area contributed by atoms with Crippen LogP contribution in [0.1, 0.15) is 24.0 Å². The molecule has 3 atom stereocenters. The number of halogens is 1. The van der Waals surface area contributed by atoms with Crippen LogP contribution in [-0.2, 0) is 19.4 Å². The minimum atomic E-state index is -3.94. The summed E-state index contributed by atoms with van der Waals surface area (Å²) in [6, 6.07) is 14.9. The fraction of sp³-hybridized carbons (Fsp3) is 0.300. The van der Waals surface area contributed by atoms with Crippen molar-refractivity contribution in [3.63, 3.8) is 0 Å². The van der Waals surface area contributed by atoms with Gasteiger partial charge in [0.05, 0.1) is 17.6 Å². The van der Waals surface area contributed by atoms with Gasteiger partial charge >= 0.3 is 5.97 Å². The quantitative estimate of drug-likeness (QED) is 0.711. The Morgan fingerprint density at radius 3 is 2.48 bits per heavy atom. The molecule has 0 aliphatic heterocycles. The van der Waals surface area contributed by atoms with Crippen LogP contribution in [0.25, 0.3) is 0 Å². The van der Waals surface area contributed by atoms with Gasteiger partial charge in [-0.3, -0.25) is 4.79 Å². The summed E-state index contributed by atoms with van der Waals surface area (Å²) in [4.78, 5) is 12.7. The second-order valence-corrected chi connectivity index (χ2v) is 9.02. The van der Waals surface area contributed by atoms with E-state index in [4.69, 9.17) is 16.3 Å². The highest BCUT2D eigenvalue weighted by Crippen LogP contribution is 2.64. The summed E-state index contributed by atoms with van der Waals surface area (Å²) >= 11 is 6.04. The van der Waals surface area contributed by atoms with E-state index in [1.165, 1.54) is 12.1 Å². The van der Waals surface area contributed by atoms with Gasteiger partial charge < -0.3 is 4.74 Å². The van der Waals surface area contributed by atoms with Crippen molar-refractivity contribution in [1.82, 2.24) is 0 Å². The van der Waals surface area contributed by atoms with E-state index in [9.17, 15) is 18.5 Å². The number of esters is 1. The Balaban J connectivity index is 2.14. The molecule has 0 unspecified atom stereocenters. The molecule has 140 valence electrons. The van der Waals surface area contributed by atoms with Crippen LogP contribution in [0.3, 0.4) is 0 Å². The van der Waals surface area contributed by atoms with E-state index in [0.717, 1.165) is 5.56 Å². The molecule has 0 heterocycles. The summed E-state index contributed by atoms with van der Waals surface area (Å²) in [5.74, 6) is -1.66. The predicted octanol–water partition coefficient (Wildman–Crippen LogP) is 3.66. The van der Waals surface area contributed by atoms with Crippen LogP contribution >= 0.6 is 11.6 Å². The summed E-state index contributed by atoms with van der Waals surface area (Å²) in [5, 5.41) is 9.01. The average molecular weight is 404 g/mol. The van der Waals surface area contributed by atoms with Gasteiger partial charge in [-0.05, 0) is 43.7 Å². The second kappa shape index (κ2) is 6.99. The lowest BCUT2D eigenvalue weighted by Crippen LogP contribution is -2.25. The SMILES string of the molecule is CCOC(=O)[C@]1(C#N)[C@H](c2cccc(Cl)c2)[C@H]1S(=O)(=O)c1ccc(C)cc1. The van der Waals surface area contributed by atoms with Crippen LogP contribution in [-0.4, -0.2) is 26.2 Å². The maximum absolute atomic E-state index is 13.3. The lowest BCUT2D eigenvalue weighted by atomic mass is 10.0. The predicted molar refractivity (Wildman–Crippen MR) is 101 cm³/mol. The van der Waals surface area contributed by atoms with Crippen molar-refractivity contribution >= 4 is 27.4 Å². The fourth-order valence-electron chi connectivity index (χ4n) is 3.46. The Bertz CT molecular complexity index is 1030. The van der Waals surface area contributed by atoms with Crippen molar-refractivity contribution in [1.29, 1.82) is 5.26 Å². The molecule has 5 nitrogen and oxygen atoms in total. The topological polar surface area (TPSA) is 84.2 Å². The highest BCUT2D eigenvalue weighted by atomic mass is 35.5. The maximum Gasteiger partial charge on any atom is 0.328 e. The molecule has 0 aromatic heterocycles. The Kier molecular flexibility index (Phi) is 5.02. The summed E-state index contributed by atoms with van der Waals surface area (Å²) < 4.78 is 31.6. The van der Waals surface area contributed by atoms with E-state index < -0.39 is 32.4 Å². The van der Waals surface area contributed by atoms with E-state index >= 15 is 0 Å². The molecular weight excluding hydrogens is 386 g/mol. The Morgan fingerprint density at radius 1 is 1.26 bits per heavy atom. The van der Waals surface area contributed by atoms with Gasteiger partial charge in [-0.2, -0.15) is 5.26 Å². The van der Waals surface area contributed by atoms with E-state index in [-0.39, 0.29) is 11.5 Å². The van der Waals surface area contributed by atoms with Gasteiger partial charge in [0.25, 0.3) is 0 Å². The first-order valence-corrected chi connectivity index (χ1v) is 10.4. The van der Waals surface area contributed by atoms with Crippen molar-refractivity contribution in [2.24, 2.45) is 5.41 Å². The third-order valence-electron chi connectivity index (χ3n) is 4.82. The van der Waals surface area contributed by atoms with Crippen LogP contribution in [0.5, 0.6) is 0 Å². The first-order chi connectivity index (χ1) is 12.8. The number of ether oxygens (including phenoxy) is 1. The number of hydrogen-bond acceptors (Lipinski definition) is 5. The average Bonchev–Trinajstić information content (AvgIpc) is 3.34. The molecule has 1 fully saturated rings. The number of sulfone groups is 1. The molecule has 27 heavy (non-hydrogen) atoms. The van der Waals surface area contributed by atoms with Crippen LogP contribution in [0.4, 0.5) is 0 Å². The molecule has 2 aromatic carbocycles. The van der Waals surface area contributed by atoms with Gasteiger partial charge in [0.15, 0.2) is 15.3 Å². The summed E-state index contributed by atoms with van der Waals surface area (Å²) in [7, 11) is -3.94. The number of nitriles is 1. The lowest BCUT2D eigenvalue weighted by molar-refractivity contribution is -0.147. The Morgan fingerprint density at radius 2 is 1.93 bits per heavy atom. The monoisotopic (exact) mass is 403 g/mol. The smallest absolute Gasteiger partial charge is 0.328 e. The molecule has 1 saturated carbocycles. The van der Waals surface area contributed by atoms with E-state index in [1.54, 1.807) is 43.3 Å². The molecule has 0 amide bonds. The molecule has 1 aliphatic carbocycles. The zero-order valence-electron chi connectivity index (χ0n) is 14.8. The van der Waals surface area contributed by atoms with Crippen molar-refractivity contribution in [3.8, 4) is 6.07 Å². The molecule has 0 N–H and O–H groups in total. The largest absolute Gasteiger partial charge is 0.465 e. The van der Waals surface area contributed by atoms with Crippen LogP contribution in [0.15, 0.2) is 53.4 Å². The summed E-state index contributed by atoms with van der Waals surface area (Å²) in [5.41, 5.74) is -0.351. The number of nitrogens with zero attached hydrogens (tertiary/aromatic N) is 1. The van der Waals surface area contributed by atoms with Crippen LogP contribution in [0.2, 0.25) is 5.02 Å². The second-order valence-electron chi connectivity index (χ2n) is 6.51. The number of carbonyl (C=O) groups excluding carboxylic acids is 1. The van der Waals surface area contributed by atoms with Gasteiger partial charge in [0.2, 0.25) is 0 Å². The van der Waals surface area contributed by atoms with Crippen LogP contribution in [0, 0.1) is 23.7 Å². The van der Waals surface area contributed by atoms with Gasteiger partial charge in [0.1, 0.15) is 5.25 Å². The number of carbonyl (C=O) groups is 1. The molecule has 2 aromatic rings. The summed E-state index contributed by atoms with van der Waals surface area (Å²) in [6.07, 6.45) is 0. The van der Waals surface area contributed by atoms with Gasteiger partial charge in [-0.1, -0.05) is 41.4 Å². The van der Waals surface area contributed by atoms with Crippen molar-refractivity contribution < 1.29 is 17.9 Å². The molecule has 1 aliphatic rings. The normalized spacial score (nSPS) is 24.1. The van der Waals surface area contributed by atoms with E-state index in [0.29, 0.717) is 10.6 Å². The standard InChI is InChI=1S/C20H18ClNO4S/c1-3-26-19(23)20(12-22)17(14-5-4-6-15(21)11-14)18(20)27(24,25)16-9-7-13(2)8-10-16/h4-11,17-18H,3H2,1-2H3/t17-,18-,20-/m1/s1. The van der Waals surface area contributed by atoms with Crippen LogP contribution < -0.4 is 0 Å². The fourth-order valence-corrected chi connectivity index (χ4v) is 5.91. The molecule has 3 rings (SSSR count). The molecule has 0 radical (unpaired) electrons. The zero-order valence-corrected chi connectivity index (χ0v) is 16.4. The highest BCUT2D eigenvalue weighted by molar-refractivity contribution is 7.92. The number of rotatable bonds is 5. The minimum absolute atomic E-state index is 0.0574. The van der Waals surface area contributed by atoms with Crippen molar-refractivity contribution in [3.05, 3.63) is 64.7 Å². The van der Waals surface area contributed by atoms with Crippen molar-refractivity contribution in [2.75, 3.05) is 6.61 Å². The van der Waals surface area contributed by atoms with Gasteiger partial charge in [-0.25, -0.2) is 8.42 Å². The highest BCUT2D eigenvalue weighted by Gasteiger charge is 2.77. The van der Waals surface area contributed by atoms with E-state index in [2.05, 4.69) is 0 Å². The van der Waals surface area contributed by atoms with Gasteiger partial charge in [-0.15, -0.1) is 0 Å². The van der Waals surface area contributed by atoms with Gasteiger partial charge in [0, 0.05) is 10.9 Å². The van der Waals surface area contributed by atoms with E-state index in [1.807, 2.05) is 13.0 Å². The third-order valence-corrected chi connectivity index (χ3v) is 7.30. The number of benzene rings is 2.